The number of piperidine rings is 1. The van der Waals surface area contributed by atoms with E-state index in [1.54, 1.807) is 4.90 Å². The minimum atomic E-state index is -0.560. The summed E-state index contributed by atoms with van der Waals surface area (Å²) in [7, 11) is 0. The Morgan fingerprint density at radius 2 is 1.62 bits per heavy atom. The summed E-state index contributed by atoms with van der Waals surface area (Å²) in [4.78, 5) is 30.4. The summed E-state index contributed by atoms with van der Waals surface area (Å²) in [5.74, 6) is 0.0825. The average Bonchev–Trinajstić information content (AvgIpc) is 2.70. The van der Waals surface area contributed by atoms with Crippen LogP contribution in [0.5, 0.6) is 0 Å². The minimum Gasteiger partial charge on any atom is -0.336 e. The van der Waals surface area contributed by atoms with Crippen molar-refractivity contribution < 1.29 is 9.59 Å². The van der Waals surface area contributed by atoms with Crippen molar-refractivity contribution in [3.63, 3.8) is 0 Å². The fourth-order valence-corrected chi connectivity index (χ4v) is 3.95. The molecule has 2 aromatic rings. The fraction of sp³-hybridized carbons (Fsp3) is 0.440. The first-order valence-electron chi connectivity index (χ1n) is 10.5. The van der Waals surface area contributed by atoms with E-state index in [2.05, 4.69) is 20.8 Å². The van der Waals surface area contributed by atoms with Crippen LogP contribution in [0.3, 0.4) is 0 Å². The Hall–Kier alpha value is -2.62. The minimum absolute atomic E-state index is 0.00484. The Balaban J connectivity index is 1.96. The second-order valence-corrected chi connectivity index (χ2v) is 9.10. The average molecular weight is 393 g/mol. The Morgan fingerprint density at radius 1 is 1.00 bits per heavy atom. The maximum atomic E-state index is 13.9. The highest BCUT2D eigenvalue weighted by Crippen LogP contribution is 2.29. The lowest BCUT2D eigenvalue weighted by atomic mass is 9.94. The van der Waals surface area contributed by atoms with E-state index in [0.717, 1.165) is 24.0 Å². The van der Waals surface area contributed by atoms with Crippen molar-refractivity contribution in [2.45, 2.75) is 52.6 Å². The molecule has 2 aromatic carbocycles. The van der Waals surface area contributed by atoms with Crippen molar-refractivity contribution in [3.05, 3.63) is 71.8 Å². The van der Waals surface area contributed by atoms with Crippen molar-refractivity contribution in [1.29, 1.82) is 0 Å². The number of rotatable bonds is 6. The molecule has 1 aliphatic heterocycles. The molecule has 2 amide bonds. The first-order valence-corrected chi connectivity index (χ1v) is 10.5. The van der Waals surface area contributed by atoms with Gasteiger partial charge in [-0.3, -0.25) is 9.59 Å². The van der Waals surface area contributed by atoms with Gasteiger partial charge in [0, 0.05) is 26.1 Å². The number of hydrogen-bond acceptors (Lipinski definition) is 2. The third-order valence-corrected chi connectivity index (χ3v) is 5.21. The van der Waals surface area contributed by atoms with E-state index in [-0.39, 0.29) is 17.2 Å². The first kappa shape index (κ1) is 21.1. The normalized spacial score (nSPS) is 15.8. The predicted octanol–water partition coefficient (Wildman–Crippen LogP) is 4.82. The number of carbonyl (C=O) groups is 2. The molecule has 1 heterocycles. The van der Waals surface area contributed by atoms with Gasteiger partial charge in [-0.15, -0.1) is 0 Å². The van der Waals surface area contributed by atoms with Crippen molar-refractivity contribution in [2.75, 3.05) is 13.1 Å². The maximum absolute atomic E-state index is 13.9. The number of nitrogens with zero attached hydrogens (tertiary/aromatic N) is 2. The van der Waals surface area contributed by atoms with Gasteiger partial charge in [0.15, 0.2) is 0 Å². The SMILES string of the molecule is CC(C)(C)CN(Cc1ccccc1)C(=O)C(c1ccccc1)N1CCCCC1=O. The van der Waals surface area contributed by atoms with Gasteiger partial charge < -0.3 is 9.80 Å². The molecular formula is C25H32N2O2. The van der Waals surface area contributed by atoms with Crippen molar-refractivity contribution in [2.24, 2.45) is 5.41 Å². The van der Waals surface area contributed by atoms with Gasteiger partial charge in [0.05, 0.1) is 0 Å². The van der Waals surface area contributed by atoms with Gasteiger partial charge in [-0.2, -0.15) is 0 Å². The van der Waals surface area contributed by atoms with Gasteiger partial charge >= 0.3 is 0 Å². The van der Waals surface area contributed by atoms with E-state index in [4.69, 9.17) is 0 Å². The Morgan fingerprint density at radius 3 is 2.21 bits per heavy atom. The monoisotopic (exact) mass is 392 g/mol. The van der Waals surface area contributed by atoms with Crippen LogP contribution in [0.1, 0.15) is 57.2 Å². The molecule has 0 spiro atoms. The van der Waals surface area contributed by atoms with E-state index < -0.39 is 6.04 Å². The zero-order valence-corrected chi connectivity index (χ0v) is 17.8. The molecule has 1 aliphatic rings. The lowest BCUT2D eigenvalue weighted by Crippen LogP contribution is -2.48. The number of hydrogen-bond donors (Lipinski definition) is 0. The number of amides is 2. The third kappa shape index (κ3) is 5.69. The molecule has 0 aliphatic carbocycles. The van der Waals surface area contributed by atoms with Gasteiger partial charge in [0.25, 0.3) is 0 Å². The van der Waals surface area contributed by atoms with E-state index in [9.17, 15) is 9.59 Å². The van der Waals surface area contributed by atoms with Gasteiger partial charge in [-0.05, 0) is 29.4 Å². The summed E-state index contributed by atoms with van der Waals surface area (Å²) >= 11 is 0. The van der Waals surface area contributed by atoms with Gasteiger partial charge in [0.2, 0.25) is 11.8 Å². The van der Waals surface area contributed by atoms with Crippen molar-refractivity contribution in [3.8, 4) is 0 Å². The number of carbonyl (C=O) groups excluding carboxylic acids is 2. The van der Waals surface area contributed by atoms with Crippen LogP contribution in [0.4, 0.5) is 0 Å². The number of benzene rings is 2. The smallest absolute Gasteiger partial charge is 0.250 e. The summed E-state index contributed by atoms with van der Waals surface area (Å²) in [6, 6.07) is 19.3. The standard InChI is InChI=1S/C25H32N2O2/c1-25(2,3)19-26(18-20-12-6-4-7-13-20)24(29)23(21-14-8-5-9-15-21)27-17-11-10-16-22(27)28/h4-9,12-15,23H,10-11,16-19H2,1-3H3. The van der Waals surface area contributed by atoms with Gasteiger partial charge in [0.1, 0.15) is 6.04 Å². The first-order chi connectivity index (χ1) is 13.8. The van der Waals surface area contributed by atoms with E-state index in [0.29, 0.717) is 26.1 Å². The highest BCUT2D eigenvalue weighted by Gasteiger charge is 2.36. The highest BCUT2D eigenvalue weighted by molar-refractivity contribution is 5.89. The van der Waals surface area contributed by atoms with E-state index in [1.165, 1.54) is 0 Å². The molecule has 3 rings (SSSR count). The molecule has 1 unspecified atom stereocenters. The van der Waals surface area contributed by atoms with Crippen LogP contribution in [-0.4, -0.2) is 34.7 Å². The maximum Gasteiger partial charge on any atom is 0.250 e. The zero-order chi connectivity index (χ0) is 20.9. The van der Waals surface area contributed by atoms with E-state index in [1.807, 2.05) is 65.6 Å². The Labute approximate surface area is 174 Å². The Bertz CT molecular complexity index is 812. The summed E-state index contributed by atoms with van der Waals surface area (Å²) in [5, 5.41) is 0. The van der Waals surface area contributed by atoms with Gasteiger partial charge in [-0.1, -0.05) is 81.4 Å². The quantitative estimate of drug-likeness (QED) is 0.707. The summed E-state index contributed by atoms with van der Waals surface area (Å²) in [6.07, 6.45) is 2.37. The van der Waals surface area contributed by atoms with Crippen LogP contribution in [0, 0.1) is 5.41 Å². The van der Waals surface area contributed by atoms with Crippen molar-refractivity contribution >= 4 is 11.8 Å². The second kappa shape index (κ2) is 9.25. The molecule has 29 heavy (non-hydrogen) atoms. The van der Waals surface area contributed by atoms with Crippen LogP contribution < -0.4 is 0 Å². The molecule has 0 N–H and O–H groups in total. The van der Waals surface area contributed by atoms with Crippen LogP contribution in [0.15, 0.2) is 60.7 Å². The zero-order valence-electron chi connectivity index (χ0n) is 17.8. The van der Waals surface area contributed by atoms with E-state index >= 15 is 0 Å². The van der Waals surface area contributed by atoms with Crippen LogP contribution in [0.2, 0.25) is 0 Å². The molecule has 154 valence electrons. The highest BCUT2D eigenvalue weighted by atomic mass is 16.2. The van der Waals surface area contributed by atoms with Crippen LogP contribution in [-0.2, 0) is 16.1 Å². The summed E-state index contributed by atoms with van der Waals surface area (Å²) < 4.78 is 0. The summed E-state index contributed by atoms with van der Waals surface area (Å²) in [5.41, 5.74) is 1.94. The van der Waals surface area contributed by atoms with Crippen LogP contribution >= 0.6 is 0 Å². The molecule has 4 nitrogen and oxygen atoms in total. The van der Waals surface area contributed by atoms with Crippen LogP contribution in [0.25, 0.3) is 0 Å². The molecule has 1 atom stereocenters. The topological polar surface area (TPSA) is 40.6 Å². The fourth-order valence-electron chi connectivity index (χ4n) is 3.95. The molecule has 0 radical (unpaired) electrons. The predicted molar refractivity (Wildman–Crippen MR) is 116 cm³/mol. The second-order valence-electron chi connectivity index (χ2n) is 9.10. The molecule has 0 aromatic heterocycles. The molecule has 0 saturated carbocycles. The largest absolute Gasteiger partial charge is 0.336 e. The summed E-state index contributed by atoms with van der Waals surface area (Å²) in [6.45, 7) is 8.23. The molecular weight excluding hydrogens is 360 g/mol. The third-order valence-electron chi connectivity index (χ3n) is 5.21. The molecule has 1 saturated heterocycles. The number of likely N-dealkylation sites (tertiary alicyclic amines) is 1. The Kier molecular flexibility index (Phi) is 6.73. The molecule has 4 heteroatoms. The van der Waals surface area contributed by atoms with Crippen molar-refractivity contribution in [1.82, 2.24) is 9.80 Å². The lowest BCUT2D eigenvalue weighted by Gasteiger charge is -2.39. The lowest BCUT2D eigenvalue weighted by molar-refractivity contribution is -0.149. The molecule has 0 bridgehead atoms. The molecule has 1 fully saturated rings. The van der Waals surface area contributed by atoms with Gasteiger partial charge in [-0.25, -0.2) is 0 Å².